The fraction of sp³-hybridized carbons (Fsp3) is 0.500. The van der Waals surface area contributed by atoms with Gasteiger partial charge in [0, 0.05) is 13.1 Å². The largest absolute Gasteiger partial charge is 0.496 e. The van der Waals surface area contributed by atoms with Gasteiger partial charge in [-0.15, -0.1) is 0 Å². The number of halogens is 1. The maximum atomic E-state index is 5.46. The van der Waals surface area contributed by atoms with Crippen molar-refractivity contribution in [3.63, 3.8) is 0 Å². The van der Waals surface area contributed by atoms with Crippen LogP contribution >= 0.6 is 15.9 Å². The van der Waals surface area contributed by atoms with E-state index in [1.165, 1.54) is 0 Å². The van der Waals surface area contributed by atoms with Crippen LogP contribution in [0.5, 0.6) is 11.5 Å². The summed E-state index contributed by atoms with van der Waals surface area (Å²) in [6.07, 6.45) is 0. The summed E-state index contributed by atoms with van der Waals surface area (Å²) in [4.78, 5) is 2.06. The normalized spacial score (nSPS) is 10.1. The molecule has 3 nitrogen and oxygen atoms in total. The van der Waals surface area contributed by atoms with Crippen LogP contribution in [0.4, 0.5) is 5.69 Å². The number of anilines is 1. The van der Waals surface area contributed by atoms with Gasteiger partial charge in [0.25, 0.3) is 0 Å². The molecule has 0 unspecified atom stereocenters. The van der Waals surface area contributed by atoms with Crippen LogP contribution in [-0.4, -0.2) is 26.7 Å². The zero-order chi connectivity index (χ0) is 12.3. The third-order valence-electron chi connectivity index (χ3n) is 2.79. The molecule has 0 amide bonds. The minimum Gasteiger partial charge on any atom is -0.496 e. The second-order valence-corrected chi connectivity index (χ2v) is 4.20. The van der Waals surface area contributed by atoms with E-state index in [0.717, 1.165) is 33.8 Å². The first-order chi connectivity index (χ1) is 7.56. The monoisotopic (exact) mass is 287 g/mol. The molecule has 0 atom stereocenters. The van der Waals surface area contributed by atoms with Crippen LogP contribution in [0.3, 0.4) is 0 Å². The minimum absolute atomic E-state index is 0.745. The van der Waals surface area contributed by atoms with E-state index in [1.54, 1.807) is 14.2 Å². The van der Waals surface area contributed by atoms with Crippen molar-refractivity contribution in [2.45, 2.75) is 13.8 Å². The Morgan fingerprint density at radius 3 is 2.25 bits per heavy atom. The molecule has 1 aromatic carbocycles. The van der Waals surface area contributed by atoms with Crippen LogP contribution in [0, 0.1) is 13.8 Å². The van der Waals surface area contributed by atoms with Crippen molar-refractivity contribution < 1.29 is 9.47 Å². The Balaban J connectivity index is 3.40. The molecule has 0 bridgehead atoms. The maximum absolute atomic E-state index is 5.46. The van der Waals surface area contributed by atoms with Gasteiger partial charge in [-0.1, -0.05) is 15.9 Å². The highest BCUT2D eigenvalue weighted by molar-refractivity contribution is 9.09. The SMILES string of the molecule is COc1cc(N(C)CBr)c(OC)c(C)c1C. The van der Waals surface area contributed by atoms with Crippen LogP contribution in [-0.2, 0) is 0 Å². The third-order valence-corrected chi connectivity index (χ3v) is 3.54. The van der Waals surface area contributed by atoms with E-state index in [-0.39, 0.29) is 0 Å². The molecule has 0 aliphatic heterocycles. The Morgan fingerprint density at radius 1 is 1.19 bits per heavy atom. The fourth-order valence-corrected chi connectivity index (χ4v) is 1.93. The van der Waals surface area contributed by atoms with E-state index in [4.69, 9.17) is 9.47 Å². The number of hydrogen-bond acceptors (Lipinski definition) is 3. The summed E-state index contributed by atoms with van der Waals surface area (Å²) in [5.74, 6) is 1.79. The summed E-state index contributed by atoms with van der Waals surface area (Å²) < 4.78 is 10.8. The lowest BCUT2D eigenvalue weighted by atomic mass is 10.1. The Morgan fingerprint density at radius 2 is 1.81 bits per heavy atom. The average molecular weight is 288 g/mol. The highest BCUT2D eigenvalue weighted by Gasteiger charge is 2.15. The lowest BCUT2D eigenvalue weighted by Gasteiger charge is -2.23. The van der Waals surface area contributed by atoms with Gasteiger partial charge >= 0.3 is 0 Å². The summed E-state index contributed by atoms with van der Waals surface area (Å²) in [5, 5.41) is 0. The van der Waals surface area contributed by atoms with E-state index in [2.05, 4.69) is 20.8 Å². The number of alkyl halides is 1. The molecule has 0 aliphatic carbocycles. The quantitative estimate of drug-likeness (QED) is 0.627. The molecular weight excluding hydrogens is 270 g/mol. The van der Waals surface area contributed by atoms with Gasteiger partial charge in [-0.3, -0.25) is 0 Å². The van der Waals surface area contributed by atoms with E-state index in [0.29, 0.717) is 0 Å². The molecule has 4 heteroatoms. The van der Waals surface area contributed by atoms with Gasteiger partial charge in [0.15, 0.2) is 0 Å². The average Bonchev–Trinajstić information content (AvgIpc) is 2.31. The van der Waals surface area contributed by atoms with Gasteiger partial charge in [-0.2, -0.15) is 0 Å². The van der Waals surface area contributed by atoms with Crippen molar-refractivity contribution in [3.8, 4) is 11.5 Å². The Labute approximate surface area is 105 Å². The molecule has 0 aromatic heterocycles. The van der Waals surface area contributed by atoms with Gasteiger partial charge in [0.2, 0.25) is 0 Å². The number of rotatable bonds is 4. The van der Waals surface area contributed by atoms with Crippen LogP contribution in [0.1, 0.15) is 11.1 Å². The molecule has 0 saturated carbocycles. The van der Waals surface area contributed by atoms with Crippen molar-refractivity contribution in [1.82, 2.24) is 0 Å². The second-order valence-electron chi connectivity index (χ2n) is 3.70. The van der Waals surface area contributed by atoms with Gasteiger partial charge in [0.1, 0.15) is 11.5 Å². The van der Waals surface area contributed by atoms with Crippen molar-refractivity contribution in [2.75, 3.05) is 31.6 Å². The summed E-state index contributed by atoms with van der Waals surface area (Å²) in [6.45, 7) is 4.08. The molecule has 1 rings (SSSR count). The van der Waals surface area contributed by atoms with E-state index in [9.17, 15) is 0 Å². The number of methoxy groups -OCH3 is 2. The van der Waals surface area contributed by atoms with E-state index < -0.39 is 0 Å². The van der Waals surface area contributed by atoms with Crippen molar-refractivity contribution in [2.24, 2.45) is 0 Å². The first kappa shape index (κ1) is 13.2. The lowest BCUT2D eigenvalue weighted by Crippen LogP contribution is -2.16. The van der Waals surface area contributed by atoms with Gasteiger partial charge in [0.05, 0.1) is 25.4 Å². The molecule has 0 heterocycles. The molecule has 0 N–H and O–H groups in total. The molecule has 16 heavy (non-hydrogen) atoms. The van der Waals surface area contributed by atoms with Gasteiger partial charge in [-0.25, -0.2) is 0 Å². The Kier molecular flexibility index (Phi) is 4.47. The highest BCUT2D eigenvalue weighted by atomic mass is 79.9. The Hall–Kier alpha value is -0.900. The number of benzene rings is 1. The van der Waals surface area contributed by atoms with Crippen molar-refractivity contribution >= 4 is 21.6 Å². The topological polar surface area (TPSA) is 21.7 Å². The smallest absolute Gasteiger partial charge is 0.145 e. The minimum atomic E-state index is 0.745. The van der Waals surface area contributed by atoms with Crippen LogP contribution in [0.15, 0.2) is 6.07 Å². The molecule has 0 saturated heterocycles. The number of ether oxygens (including phenoxy) is 2. The lowest BCUT2D eigenvalue weighted by molar-refractivity contribution is 0.398. The molecule has 0 spiro atoms. The molecule has 0 fully saturated rings. The molecule has 0 aliphatic rings. The van der Waals surface area contributed by atoms with Crippen LogP contribution < -0.4 is 14.4 Å². The zero-order valence-corrected chi connectivity index (χ0v) is 12.0. The van der Waals surface area contributed by atoms with Crippen molar-refractivity contribution in [3.05, 3.63) is 17.2 Å². The first-order valence-corrected chi connectivity index (χ1v) is 6.18. The van der Waals surface area contributed by atoms with Crippen LogP contribution in [0.25, 0.3) is 0 Å². The van der Waals surface area contributed by atoms with Crippen LogP contribution in [0.2, 0.25) is 0 Å². The second kappa shape index (κ2) is 5.43. The summed E-state index contributed by atoms with van der Waals surface area (Å²) in [5.41, 5.74) is 4.00. The number of nitrogens with zero attached hydrogens (tertiary/aromatic N) is 1. The fourth-order valence-electron chi connectivity index (χ4n) is 1.66. The van der Waals surface area contributed by atoms with Crippen molar-refractivity contribution in [1.29, 1.82) is 0 Å². The summed E-state index contributed by atoms with van der Waals surface area (Å²) in [7, 11) is 5.38. The Bertz CT molecular complexity index is 380. The van der Waals surface area contributed by atoms with Gasteiger partial charge in [-0.05, 0) is 25.0 Å². The summed E-state index contributed by atoms with van der Waals surface area (Å²) >= 11 is 3.43. The summed E-state index contributed by atoms with van der Waals surface area (Å²) in [6, 6.07) is 2.00. The molecular formula is C12H18BrNO2. The van der Waals surface area contributed by atoms with E-state index in [1.807, 2.05) is 27.0 Å². The zero-order valence-electron chi connectivity index (χ0n) is 10.4. The highest BCUT2D eigenvalue weighted by Crippen LogP contribution is 2.38. The van der Waals surface area contributed by atoms with Gasteiger partial charge < -0.3 is 14.4 Å². The first-order valence-electron chi connectivity index (χ1n) is 5.06. The van der Waals surface area contributed by atoms with E-state index >= 15 is 0 Å². The number of hydrogen-bond donors (Lipinski definition) is 0. The molecule has 1 aromatic rings. The third kappa shape index (κ3) is 2.26. The standard InChI is InChI=1S/C12H18BrNO2/c1-8-9(2)12(16-5)10(14(3)7-13)6-11(8)15-4/h6H,7H2,1-5H3. The molecule has 0 radical (unpaired) electrons. The maximum Gasteiger partial charge on any atom is 0.145 e. The predicted molar refractivity (Wildman–Crippen MR) is 71.2 cm³/mol. The predicted octanol–water partition coefficient (Wildman–Crippen LogP) is 3.11. The molecule has 90 valence electrons.